The molecule has 0 saturated heterocycles. The van der Waals surface area contributed by atoms with E-state index in [1.807, 2.05) is 0 Å². The van der Waals surface area contributed by atoms with Crippen LogP contribution in [0, 0.1) is 5.82 Å². The Balaban J connectivity index is 2.75. The third kappa shape index (κ3) is 2.20. The van der Waals surface area contributed by atoms with E-state index in [1.165, 1.54) is 12.1 Å². The summed E-state index contributed by atoms with van der Waals surface area (Å²) in [6, 6.07) is 4.40. The zero-order chi connectivity index (χ0) is 8.97. The second-order valence-corrected chi connectivity index (χ2v) is 2.65. The molecule has 0 heterocycles. The largest absolute Gasteiger partial charge is 0.355 e. The van der Waals surface area contributed by atoms with Gasteiger partial charge in [-0.2, -0.15) is 0 Å². The van der Waals surface area contributed by atoms with Crippen molar-refractivity contribution >= 4 is 18.0 Å². The number of benzene rings is 1. The quantitative estimate of drug-likeness (QED) is 0.718. The highest BCUT2D eigenvalue weighted by molar-refractivity contribution is 6.30. The SMILES string of the molecule is O=CNCc1ccc(Cl)c(F)c1. The Kier molecular flexibility index (Phi) is 3.05. The molecular weight excluding hydrogens is 181 g/mol. The van der Waals surface area contributed by atoms with Crippen molar-refractivity contribution in [2.24, 2.45) is 0 Å². The first-order chi connectivity index (χ1) is 5.74. The summed E-state index contributed by atoms with van der Waals surface area (Å²) in [4.78, 5) is 9.90. The molecule has 0 atom stereocenters. The molecule has 0 unspecified atom stereocenters. The second-order valence-electron chi connectivity index (χ2n) is 2.25. The molecule has 0 aliphatic heterocycles. The number of nitrogens with one attached hydrogen (secondary N) is 1. The topological polar surface area (TPSA) is 29.1 Å². The third-order valence-electron chi connectivity index (χ3n) is 1.37. The number of carbonyl (C=O) groups excluding carboxylic acids is 1. The van der Waals surface area contributed by atoms with E-state index in [-0.39, 0.29) is 5.02 Å². The lowest BCUT2D eigenvalue weighted by molar-refractivity contribution is -0.109. The minimum atomic E-state index is -0.470. The summed E-state index contributed by atoms with van der Waals surface area (Å²) in [7, 11) is 0. The summed E-state index contributed by atoms with van der Waals surface area (Å²) < 4.78 is 12.8. The molecule has 64 valence electrons. The van der Waals surface area contributed by atoms with E-state index >= 15 is 0 Å². The lowest BCUT2D eigenvalue weighted by Crippen LogP contribution is -2.09. The van der Waals surface area contributed by atoms with E-state index in [9.17, 15) is 9.18 Å². The Morgan fingerprint density at radius 1 is 1.58 bits per heavy atom. The van der Waals surface area contributed by atoms with Gasteiger partial charge in [-0.05, 0) is 17.7 Å². The zero-order valence-electron chi connectivity index (χ0n) is 6.18. The summed E-state index contributed by atoms with van der Waals surface area (Å²) in [5.41, 5.74) is 0.684. The van der Waals surface area contributed by atoms with Crippen LogP contribution in [0.5, 0.6) is 0 Å². The summed E-state index contributed by atoms with van der Waals surface area (Å²) in [5.74, 6) is -0.470. The summed E-state index contributed by atoms with van der Waals surface area (Å²) in [6.45, 7) is 0.317. The minimum absolute atomic E-state index is 0.0878. The molecule has 1 N–H and O–H groups in total. The van der Waals surface area contributed by atoms with E-state index in [0.717, 1.165) is 0 Å². The first kappa shape index (κ1) is 9.00. The summed E-state index contributed by atoms with van der Waals surface area (Å²) >= 11 is 5.45. The fourth-order valence-corrected chi connectivity index (χ4v) is 0.927. The predicted molar refractivity (Wildman–Crippen MR) is 44.3 cm³/mol. The van der Waals surface area contributed by atoms with Crippen molar-refractivity contribution in [3.63, 3.8) is 0 Å². The molecule has 0 aliphatic carbocycles. The van der Waals surface area contributed by atoms with Crippen LogP contribution in [0.4, 0.5) is 4.39 Å². The maximum absolute atomic E-state index is 12.8. The Hall–Kier alpha value is -1.09. The van der Waals surface area contributed by atoms with Gasteiger partial charge < -0.3 is 5.32 Å². The van der Waals surface area contributed by atoms with Gasteiger partial charge in [0.05, 0.1) is 5.02 Å². The molecule has 1 aromatic carbocycles. The van der Waals surface area contributed by atoms with E-state index in [1.54, 1.807) is 6.07 Å². The third-order valence-corrected chi connectivity index (χ3v) is 1.68. The molecule has 1 aromatic rings. The Bertz CT molecular complexity index is 290. The Morgan fingerprint density at radius 2 is 2.33 bits per heavy atom. The molecule has 0 bridgehead atoms. The van der Waals surface area contributed by atoms with Crippen LogP contribution < -0.4 is 5.32 Å². The van der Waals surface area contributed by atoms with Gasteiger partial charge >= 0.3 is 0 Å². The number of amides is 1. The van der Waals surface area contributed by atoms with Crippen molar-refractivity contribution in [2.75, 3.05) is 0 Å². The number of rotatable bonds is 3. The highest BCUT2D eigenvalue weighted by Gasteiger charge is 1.99. The van der Waals surface area contributed by atoms with Crippen molar-refractivity contribution < 1.29 is 9.18 Å². The number of hydrogen-bond acceptors (Lipinski definition) is 1. The van der Waals surface area contributed by atoms with Gasteiger partial charge in [0.25, 0.3) is 0 Å². The van der Waals surface area contributed by atoms with Crippen molar-refractivity contribution in [2.45, 2.75) is 6.54 Å². The van der Waals surface area contributed by atoms with Crippen LogP contribution in [0.1, 0.15) is 5.56 Å². The lowest BCUT2D eigenvalue weighted by Gasteiger charge is -2.00. The van der Waals surface area contributed by atoms with Crippen LogP contribution in [0.2, 0.25) is 5.02 Å². The van der Waals surface area contributed by atoms with Crippen LogP contribution in [0.15, 0.2) is 18.2 Å². The maximum Gasteiger partial charge on any atom is 0.207 e. The van der Waals surface area contributed by atoms with Gasteiger partial charge in [-0.1, -0.05) is 17.7 Å². The van der Waals surface area contributed by atoms with Gasteiger partial charge in [-0.15, -0.1) is 0 Å². The second kappa shape index (κ2) is 4.07. The van der Waals surface area contributed by atoms with Gasteiger partial charge in [0, 0.05) is 6.54 Å². The highest BCUT2D eigenvalue weighted by atomic mass is 35.5. The van der Waals surface area contributed by atoms with E-state index in [2.05, 4.69) is 5.32 Å². The van der Waals surface area contributed by atoms with Crippen LogP contribution >= 0.6 is 11.6 Å². The lowest BCUT2D eigenvalue weighted by atomic mass is 10.2. The van der Waals surface area contributed by atoms with Gasteiger partial charge in [-0.25, -0.2) is 4.39 Å². The van der Waals surface area contributed by atoms with E-state index < -0.39 is 5.82 Å². The zero-order valence-corrected chi connectivity index (χ0v) is 6.94. The van der Waals surface area contributed by atoms with Gasteiger partial charge in [0.2, 0.25) is 6.41 Å². The number of halogens is 2. The standard InChI is InChI=1S/C8H7ClFNO/c9-7-2-1-6(3-8(7)10)4-11-5-12/h1-3,5H,4H2,(H,11,12). The molecule has 1 amide bonds. The van der Waals surface area contributed by atoms with Gasteiger partial charge in [0.15, 0.2) is 0 Å². The highest BCUT2D eigenvalue weighted by Crippen LogP contribution is 2.15. The average molecular weight is 188 g/mol. The van der Waals surface area contributed by atoms with Gasteiger partial charge in [-0.3, -0.25) is 4.79 Å². The average Bonchev–Trinajstić information content (AvgIpc) is 2.07. The van der Waals surface area contributed by atoms with Crippen LogP contribution in [0.3, 0.4) is 0 Å². The van der Waals surface area contributed by atoms with Gasteiger partial charge in [0.1, 0.15) is 5.82 Å². The normalized spacial score (nSPS) is 9.50. The molecule has 0 saturated carbocycles. The molecule has 1 rings (SSSR count). The molecule has 0 aliphatic rings. The molecule has 4 heteroatoms. The van der Waals surface area contributed by atoms with Crippen molar-refractivity contribution in [1.29, 1.82) is 0 Å². The first-order valence-corrected chi connectivity index (χ1v) is 3.73. The molecule has 2 nitrogen and oxygen atoms in total. The molecule has 0 radical (unpaired) electrons. The fourth-order valence-electron chi connectivity index (χ4n) is 0.809. The molecule has 0 fully saturated rings. The van der Waals surface area contributed by atoms with Crippen molar-refractivity contribution in [1.82, 2.24) is 5.32 Å². The van der Waals surface area contributed by atoms with Crippen molar-refractivity contribution in [3.05, 3.63) is 34.6 Å². The van der Waals surface area contributed by atoms with Crippen LogP contribution in [-0.4, -0.2) is 6.41 Å². The Labute approximate surface area is 74.3 Å². The number of carbonyl (C=O) groups is 1. The predicted octanol–water partition coefficient (Wildman–Crippen LogP) is 1.73. The number of hydrogen-bond donors (Lipinski definition) is 1. The minimum Gasteiger partial charge on any atom is -0.355 e. The first-order valence-electron chi connectivity index (χ1n) is 3.35. The monoisotopic (exact) mass is 187 g/mol. The molecule has 0 spiro atoms. The summed E-state index contributed by atoms with van der Waals surface area (Å²) in [5, 5.41) is 2.51. The van der Waals surface area contributed by atoms with Crippen molar-refractivity contribution in [3.8, 4) is 0 Å². The van der Waals surface area contributed by atoms with Crippen LogP contribution in [0.25, 0.3) is 0 Å². The summed E-state index contributed by atoms with van der Waals surface area (Å²) in [6.07, 6.45) is 0.562. The molecule has 12 heavy (non-hydrogen) atoms. The maximum atomic E-state index is 12.8. The fraction of sp³-hybridized carbons (Fsp3) is 0.125. The van der Waals surface area contributed by atoms with E-state index in [4.69, 9.17) is 11.6 Å². The van der Waals surface area contributed by atoms with Crippen LogP contribution in [-0.2, 0) is 11.3 Å². The smallest absolute Gasteiger partial charge is 0.207 e. The Morgan fingerprint density at radius 3 is 2.92 bits per heavy atom. The molecular formula is C8H7ClFNO. The molecule has 0 aromatic heterocycles. The van der Waals surface area contributed by atoms with E-state index in [0.29, 0.717) is 18.5 Å².